The lowest BCUT2D eigenvalue weighted by molar-refractivity contribution is 1.29. The van der Waals surface area contributed by atoms with E-state index in [1.165, 1.54) is 0 Å². The number of aromatic nitrogens is 1. The molecule has 0 aliphatic heterocycles. The monoisotopic (exact) mass is 150 g/mol. The van der Waals surface area contributed by atoms with Crippen LogP contribution in [0.25, 0.3) is 10.8 Å². The molecule has 2 nitrogen and oxygen atoms in total. The minimum Gasteiger partial charge on any atom is -0.385 e. The summed E-state index contributed by atoms with van der Waals surface area (Å²) in [6, 6.07) is -0.614. The van der Waals surface area contributed by atoms with E-state index in [0.29, 0.717) is 16.5 Å². The SMILES string of the molecule is [2H]c1c([2H])c([2H])c2c(N)[nH]c(C)c2c1[2H]. The minimum atomic E-state index is -0.252. The first-order valence-corrected chi connectivity index (χ1v) is 3.29. The van der Waals surface area contributed by atoms with Gasteiger partial charge in [0.1, 0.15) is 5.82 Å². The van der Waals surface area contributed by atoms with Gasteiger partial charge < -0.3 is 10.7 Å². The lowest BCUT2D eigenvalue weighted by atomic mass is 10.2. The summed E-state index contributed by atoms with van der Waals surface area (Å²) in [6.07, 6.45) is 0. The average molecular weight is 150 g/mol. The number of hydrogen-bond acceptors (Lipinski definition) is 1. The first-order chi connectivity index (χ1) is 6.95. The highest BCUT2D eigenvalue weighted by atomic mass is 14.8. The lowest BCUT2D eigenvalue weighted by Gasteiger charge is -1.88. The third-order valence-electron chi connectivity index (χ3n) is 1.65. The third kappa shape index (κ3) is 0.792. The van der Waals surface area contributed by atoms with Crippen molar-refractivity contribution in [2.45, 2.75) is 6.92 Å². The van der Waals surface area contributed by atoms with Gasteiger partial charge in [-0.25, -0.2) is 0 Å². The van der Waals surface area contributed by atoms with Crippen molar-refractivity contribution in [1.82, 2.24) is 4.98 Å². The van der Waals surface area contributed by atoms with Crippen molar-refractivity contribution in [2.75, 3.05) is 5.73 Å². The Hall–Kier alpha value is -1.44. The molecule has 1 aromatic heterocycles. The molecule has 3 N–H and O–H groups in total. The maximum atomic E-state index is 7.71. The van der Waals surface area contributed by atoms with Crippen LogP contribution in [0.4, 0.5) is 5.82 Å². The van der Waals surface area contributed by atoms with Crippen LogP contribution >= 0.6 is 0 Å². The van der Waals surface area contributed by atoms with Crippen LogP contribution in [0.2, 0.25) is 0 Å². The molecule has 0 atom stereocenters. The van der Waals surface area contributed by atoms with Crippen LogP contribution < -0.4 is 5.73 Å². The molecule has 0 spiro atoms. The molecule has 0 saturated heterocycles. The molecule has 0 amide bonds. The average Bonchev–Trinajstić information content (AvgIpc) is 2.47. The van der Waals surface area contributed by atoms with Gasteiger partial charge in [-0.3, -0.25) is 0 Å². The Bertz CT molecular complexity index is 511. The van der Waals surface area contributed by atoms with Crippen molar-refractivity contribution in [3.63, 3.8) is 0 Å². The van der Waals surface area contributed by atoms with Crippen molar-refractivity contribution in [3.05, 3.63) is 29.9 Å². The molecule has 0 aliphatic carbocycles. The number of aromatic amines is 1. The molecule has 1 aromatic carbocycles. The van der Waals surface area contributed by atoms with Crippen LogP contribution in [0.3, 0.4) is 0 Å². The van der Waals surface area contributed by atoms with Crippen molar-refractivity contribution < 1.29 is 5.48 Å². The minimum absolute atomic E-state index is 0.0450. The van der Waals surface area contributed by atoms with E-state index < -0.39 is 0 Å². The van der Waals surface area contributed by atoms with Gasteiger partial charge in [0.2, 0.25) is 0 Å². The van der Waals surface area contributed by atoms with Crippen LogP contribution in [0.15, 0.2) is 24.2 Å². The van der Waals surface area contributed by atoms with E-state index in [1.807, 2.05) is 0 Å². The standard InChI is InChI=1S/C9H10N2/c1-6-7-4-2-3-5-8(7)9(10)11-6/h2-5,11H,10H2,1H3/i2D,3D,4D,5D. The number of nitrogens with two attached hydrogens (primary N) is 1. The Morgan fingerprint density at radius 3 is 2.73 bits per heavy atom. The zero-order chi connectivity index (χ0) is 11.3. The van der Waals surface area contributed by atoms with Gasteiger partial charge in [-0.2, -0.15) is 0 Å². The molecule has 0 fully saturated rings. The van der Waals surface area contributed by atoms with E-state index in [0.717, 1.165) is 0 Å². The number of nitrogen functional groups attached to an aromatic ring is 1. The first-order valence-electron chi connectivity index (χ1n) is 5.29. The second-order valence-electron chi connectivity index (χ2n) is 2.41. The highest BCUT2D eigenvalue weighted by Crippen LogP contribution is 2.22. The summed E-state index contributed by atoms with van der Waals surface area (Å²) in [4.78, 5) is 2.82. The summed E-state index contributed by atoms with van der Waals surface area (Å²) in [5, 5.41) is 0.844. The molecule has 0 aliphatic rings. The fraction of sp³-hybridized carbons (Fsp3) is 0.111. The third-order valence-corrected chi connectivity index (χ3v) is 1.65. The molecule has 0 bridgehead atoms. The molecule has 0 saturated carbocycles. The van der Waals surface area contributed by atoms with Crippen molar-refractivity contribution in [1.29, 1.82) is 0 Å². The van der Waals surface area contributed by atoms with E-state index in [9.17, 15) is 0 Å². The van der Waals surface area contributed by atoms with Crippen LogP contribution in [0, 0.1) is 6.92 Å². The number of rotatable bonds is 0. The van der Waals surface area contributed by atoms with Crippen molar-refractivity contribution in [2.24, 2.45) is 0 Å². The van der Waals surface area contributed by atoms with Crippen molar-refractivity contribution in [3.8, 4) is 0 Å². The number of benzene rings is 1. The smallest absolute Gasteiger partial charge is 0.108 e. The molecule has 2 aromatic rings. The fourth-order valence-corrected chi connectivity index (χ4v) is 1.12. The summed E-state index contributed by atoms with van der Waals surface area (Å²) in [5.41, 5.74) is 6.32. The highest BCUT2D eigenvalue weighted by molar-refractivity contribution is 5.94. The molecular weight excluding hydrogens is 136 g/mol. The molecule has 2 heteroatoms. The van der Waals surface area contributed by atoms with E-state index in [4.69, 9.17) is 11.2 Å². The molecule has 1 heterocycles. The van der Waals surface area contributed by atoms with Crippen molar-refractivity contribution >= 4 is 16.6 Å². The summed E-state index contributed by atoms with van der Waals surface area (Å²) < 4.78 is 30.4. The summed E-state index contributed by atoms with van der Waals surface area (Å²) in [7, 11) is 0. The van der Waals surface area contributed by atoms with Gasteiger partial charge in [0.15, 0.2) is 0 Å². The van der Waals surface area contributed by atoms with Crippen LogP contribution in [0.5, 0.6) is 0 Å². The van der Waals surface area contributed by atoms with Gasteiger partial charge in [-0.05, 0) is 6.92 Å². The zero-order valence-corrected chi connectivity index (χ0v) is 6.08. The van der Waals surface area contributed by atoms with Crippen LogP contribution in [-0.2, 0) is 0 Å². The Morgan fingerprint density at radius 2 is 2.00 bits per heavy atom. The zero-order valence-electron chi connectivity index (χ0n) is 10.1. The van der Waals surface area contributed by atoms with Gasteiger partial charge in [-0.1, -0.05) is 24.2 Å². The second-order valence-corrected chi connectivity index (χ2v) is 2.41. The molecule has 2 rings (SSSR count). The Balaban J connectivity index is 3.10. The summed E-state index contributed by atoms with van der Waals surface area (Å²) >= 11 is 0. The predicted octanol–water partition coefficient (Wildman–Crippen LogP) is 2.06. The number of anilines is 1. The summed E-state index contributed by atoms with van der Waals surface area (Å²) in [5.74, 6) is 0.287. The number of hydrogen-bond donors (Lipinski definition) is 2. The number of nitrogens with one attached hydrogen (secondary N) is 1. The van der Waals surface area contributed by atoms with Gasteiger partial charge in [0.05, 0.1) is 5.48 Å². The van der Waals surface area contributed by atoms with E-state index in [1.54, 1.807) is 6.92 Å². The normalized spacial score (nSPS) is 15.7. The number of fused-ring (bicyclic) bond motifs is 1. The quantitative estimate of drug-likeness (QED) is 0.593. The Kier molecular flexibility index (Phi) is 0.607. The highest BCUT2D eigenvalue weighted by Gasteiger charge is 2.01. The van der Waals surface area contributed by atoms with Gasteiger partial charge >= 0.3 is 0 Å². The van der Waals surface area contributed by atoms with Crippen LogP contribution in [-0.4, -0.2) is 4.98 Å². The van der Waals surface area contributed by atoms with E-state index >= 15 is 0 Å². The van der Waals surface area contributed by atoms with Gasteiger partial charge in [0, 0.05) is 16.5 Å². The van der Waals surface area contributed by atoms with E-state index in [-0.39, 0.29) is 30.0 Å². The van der Waals surface area contributed by atoms with Crippen LogP contribution in [0.1, 0.15) is 11.2 Å². The van der Waals surface area contributed by atoms with Gasteiger partial charge in [0.25, 0.3) is 0 Å². The molecule has 11 heavy (non-hydrogen) atoms. The topological polar surface area (TPSA) is 41.8 Å². The number of aryl methyl sites for hydroxylation is 1. The fourth-order valence-electron chi connectivity index (χ4n) is 1.12. The van der Waals surface area contributed by atoms with Gasteiger partial charge in [-0.15, -0.1) is 0 Å². The molecule has 0 unspecified atom stereocenters. The largest absolute Gasteiger partial charge is 0.385 e. The Morgan fingerprint density at radius 1 is 1.36 bits per heavy atom. The first kappa shape index (κ1) is 3.30. The number of H-pyrrole nitrogens is 1. The molecule has 56 valence electrons. The lowest BCUT2D eigenvalue weighted by Crippen LogP contribution is -1.83. The predicted molar refractivity (Wildman–Crippen MR) is 47.4 cm³/mol. The maximum Gasteiger partial charge on any atom is 0.108 e. The van der Waals surface area contributed by atoms with E-state index in [2.05, 4.69) is 4.98 Å². The molecular formula is C9H10N2. The molecule has 0 radical (unpaired) electrons. The summed E-state index contributed by atoms with van der Waals surface area (Å²) in [6.45, 7) is 1.74. The maximum absolute atomic E-state index is 7.71. The Labute approximate surface area is 70.6 Å². The second kappa shape index (κ2) is 2.02.